The topological polar surface area (TPSA) is 89.9 Å². The Hall–Kier alpha value is -2.76. The van der Waals surface area contributed by atoms with E-state index in [1.165, 1.54) is 0 Å². The summed E-state index contributed by atoms with van der Waals surface area (Å²) in [5.74, 6) is 0. The van der Waals surface area contributed by atoms with Gasteiger partial charge >= 0.3 is 0 Å². The first-order valence-corrected chi connectivity index (χ1v) is 11.8. The number of oxime groups is 2. The van der Waals surface area contributed by atoms with Gasteiger partial charge in [-0.05, 0) is 44.0 Å². The summed E-state index contributed by atoms with van der Waals surface area (Å²) in [6.07, 6.45) is 7.52. The lowest BCUT2D eigenvalue weighted by molar-refractivity contribution is 0.318. The minimum absolute atomic E-state index is 0.163. The van der Waals surface area contributed by atoms with Gasteiger partial charge in [0.2, 0.25) is 0 Å². The highest BCUT2D eigenvalue weighted by Crippen LogP contribution is 2.42. The molecule has 0 amide bonds. The van der Waals surface area contributed by atoms with Gasteiger partial charge in [0.05, 0.1) is 12.4 Å². The first-order valence-electron chi connectivity index (χ1n) is 11.8. The Labute approximate surface area is 205 Å². The van der Waals surface area contributed by atoms with Gasteiger partial charge in [0.1, 0.15) is 11.4 Å². The standard InChI is InChI=1S/C28H42N4O2/c1-25(2,3)19-13-21(27(7,8)9)23(31-33)17(19)15-29-30-16-18-20(26(4,5)6)14-22(24(18)32-34)28(10,11)12/h13-16,33-34H,1-12H3. The van der Waals surface area contributed by atoms with Crippen molar-refractivity contribution in [2.24, 2.45) is 42.2 Å². The van der Waals surface area contributed by atoms with E-state index >= 15 is 0 Å². The highest BCUT2D eigenvalue weighted by atomic mass is 16.4. The Morgan fingerprint density at radius 2 is 0.824 bits per heavy atom. The summed E-state index contributed by atoms with van der Waals surface area (Å²) in [6.45, 7) is 25.3. The maximum absolute atomic E-state index is 9.83. The molecule has 0 aromatic heterocycles. The van der Waals surface area contributed by atoms with Gasteiger partial charge in [-0.1, -0.05) is 106 Å². The third-order valence-corrected chi connectivity index (χ3v) is 6.05. The van der Waals surface area contributed by atoms with Crippen LogP contribution in [0.2, 0.25) is 0 Å². The fourth-order valence-electron chi connectivity index (χ4n) is 4.17. The van der Waals surface area contributed by atoms with Gasteiger partial charge in [-0.3, -0.25) is 0 Å². The average molecular weight is 467 g/mol. The van der Waals surface area contributed by atoms with Crippen molar-refractivity contribution in [1.29, 1.82) is 0 Å². The van der Waals surface area contributed by atoms with E-state index in [1.807, 2.05) is 0 Å². The fraction of sp³-hybridized carbons (Fsp3) is 0.571. The van der Waals surface area contributed by atoms with E-state index in [0.29, 0.717) is 11.4 Å². The zero-order chi connectivity index (χ0) is 26.3. The van der Waals surface area contributed by atoms with Crippen molar-refractivity contribution >= 4 is 23.9 Å². The van der Waals surface area contributed by atoms with Crippen LogP contribution in [-0.2, 0) is 0 Å². The van der Waals surface area contributed by atoms with Crippen LogP contribution in [-0.4, -0.2) is 34.3 Å². The summed E-state index contributed by atoms with van der Waals surface area (Å²) in [7, 11) is 0. The number of nitrogens with zero attached hydrogens (tertiary/aromatic N) is 4. The molecule has 2 N–H and O–H groups in total. The van der Waals surface area contributed by atoms with Crippen LogP contribution in [0.1, 0.15) is 83.1 Å². The highest BCUT2D eigenvalue weighted by Gasteiger charge is 2.36. The van der Waals surface area contributed by atoms with Crippen LogP contribution < -0.4 is 0 Å². The number of hydrogen-bond donors (Lipinski definition) is 2. The van der Waals surface area contributed by atoms with Crippen molar-refractivity contribution in [3.63, 3.8) is 0 Å². The summed E-state index contributed by atoms with van der Waals surface area (Å²) in [5, 5.41) is 35.6. The van der Waals surface area contributed by atoms with Gasteiger partial charge in [-0.2, -0.15) is 10.2 Å². The van der Waals surface area contributed by atoms with E-state index < -0.39 is 0 Å². The largest absolute Gasteiger partial charge is 0.410 e. The Bertz CT molecular complexity index is 991. The summed E-state index contributed by atoms with van der Waals surface area (Å²) in [5.41, 5.74) is 5.91. The molecule has 0 fully saturated rings. The molecule has 0 bridgehead atoms. The number of rotatable bonds is 3. The summed E-state index contributed by atoms with van der Waals surface area (Å²) < 4.78 is 0. The van der Waals surface area contributed by atoms with E-state index in [9.17, 15) is 10.4 Å². The molecule has 0 aromatic rings. The number of allylic oxidation sites excluding steroid dienone is 8. The van der Waals surface area contributed by atoms with Crippen LogP contribution in [0.15, 0.2) is 66.1 Å². The molecule has 34 heavy (non-hydrogen) atoms. The molecule has 2 rings (SSSR count). The first kappa shape index (κ1) is 27.5. The fourth-order valence-corrected chi connectivity index (χ4v) is 4.17. The third kappa shape index (κ3) is 5.65. The van der Waals surface area contributed by atoms with Crippen LogP contribution in [0.25, 0.3) is 0 Å². The summed E-state index contributed by atoms with van der Waals surface area (Å²) in [6, 6.07) is 0. The molecule has 0 heterocycles. The van der Waals surface area contributed by atoms with Crippen molar-refractivity contribution in [2.45, 2.75) is 83.1 Å². The zero-order valence-electron chi connectivity index (χ0n) is 23.0. The van der Waals surface area contributed by atoms with Gasteiger partial charge in [0.15, 0.2) is 0 Å². The Balaban J connectivity index is 2.51. The molecule has 0 aliphatic heterocycles. The summed E-state index contributed by atoms with van der Waals surface area (Å²) >= 11 is 0. The molecule has 2 aliphatic carbocycles. The lowest BCUT2D eigenvalue weighted by Crippen LogP contribution is -2.18. The quantitative estimate of drug-likeness (QED) is 0.258. The Morgan fingerprint density at radius 1 is 0.529 bits per heavy atom. The van der Waals surface area contributed by atoms with Crippen molar-refractivity contribution in [3.05, 3.63) is 45.6 Å². The van der Waals surface area contributed by atoms with Crippen LogP contribution in [0.3, 0.4) is 0 Å². The maximum atomic E-state index is 9.83. The van der Waals surface area contributed by atoms with Crippen LogP contribution in [0.5, 0.6) is 0 Å². The smallest absolute Gasteiger partial charge is 0.115 e. The normalized spacial score (nSPS) is 21.2. The first-order chi connectivity index (χ1) is 15.3. The van der Waals surface area contributed by atoms with Crippen molar-refractivity contribution in [3.8, 4) is 0 Å². The van der Waals surface area contributed by atoms with Crippen LogP contribution in [0.4, 0.5) is 0 Å². The minimum atomic E-state index is -0.186. The van der Waals surface area contributed by atoms with Crippen molar-refractivity contribution < 1.29 is 10.4 Å². The molecule has 0 saturated carbocycles. The second kappa shape index (κ2) is 9.12. The van der Waals surface area contributed by atoms with E-state index in [4.69, 9.17) is 0 Å². The molecule has 0 atom stereocenters. The van der Waals surface area contributed by atoms with E-state index in [2.05, 4.69) is 116 Å². The molecule has 186 valence electrons. The van der Waals surface area contributed by atoms with E-state index in [1.54, 1.807) is 12.4 Å². The van der Waals surface area contributed by atoms with E-state index in [0.717, 1.165) is 33.4 Å². The van der Waals surface area contributed by atoms with Crippen LogP contribution >= 0.6 is 0 Å². The second-order valence-electron chi connectivity index (χ2n) is 13.2. The molecule has 0 radical (unpaired) electrons. The molecular formula is C28H42N4O2. The predicted octanol–water partition coefficient (Wildman–Crippen LogP) is 7.36. The molecule has 0 spiro atoms. The van der Waals surface area contributed by atoms with Crippen molar-refractivity contribution in [2.75, 3.05) is 0 Å². The molecule has 0 saturated heterocycles. The molecule has 6 heteroatoms. The van der Waals surface area contributed by atoms with Crippen molar-refractivity contribution in [1.82, 2.24) is 0 Å². The van der Waals surface area contributed by atoms with Gasteiger partial charge in [-0.25, -0.2) is 0 Å². The SMILES string of the molecule is CC(C)(C)C1=CC(C(C)(C)C)=C(C=NN=CC2=C(C(C)(C)C)C=C(C(C)(C)C)C2=NO)C1=NO. The molecule has 0 aromatic carbocycles. The maximum Gasteiger partial charge on any atom is 0.115 e. The zero-order valence-corrected chi connectivity index (χ0v) is 23.0. The molecular weight excluding hydrogens is 424 g/mol. The molecule has 0 unspecified atom stereocenters. The minimum Gasteiger partial charge on any atom is -0.410 e. The predicted molar refractivity (Wildman–Crippen MR) is 143 cm³/mol. The molecule has 2 aliphatic rings. The monoisotopic (exact) mass is 466 g/mol. The van der Waals surface area contributed by atoms with E-state index in [-0.39, 0.29) is 21.7 Å². The van der Waals surface area contributed by atoms with Crippen LogP contribution in [0, 0.1) is 21.7 Å². The van der Waals surface area contributed by atoms with Gasteiger partial charge in [0, 0.05) is 11.1 Å². The van der Waals surface area contributed by atoms with Gasteiger partial charge < -0.3 is 10.4 Å². The lowest BCUT2D eigenvalue weighted by Gasteiger charge is -2.21. The summed E-state index contributed by atoms with van der Waals surface area (Å²) in [4.78, 5) is 0. The van der Waals surface area contributed by atoms with Gasteiger partial charge in [0.25, 0.3) is 0 Å². The number of hydrogen-bond acceptors (Lipinski definition) is 6. The lowest BCUT2D eigenvalue weighted by atomic mass is 9.83. The Morgan fingerprint density at radius 3 is 1.03 bits per heavy atom. The second-order valence-corrected chi connectivity index (χ2v) is 13.2. The Kier molecular flexibility index (Phi) is 7.37. The molecule has 6 nitrogen and oxygen atoms in total. The highest BCUT2D eigenvalue weighted by molar-refractivity contribution is 6.28. The third-order valence-electron chi connectivity index (χ3n) is 6.05. The average Bonchev–Trinajstić information content (AvgIpc) is 3.22. The van der Waals surface area contributed by atoms with Gasteiger partial charge in [-0.15, -0.1) is 0 Å².